The Morgan fingerprint density at radius 3 is 1.96 bits per heavy atom. The Kier molecular flexibility index (Phi) is 16.5. The fraction of sp³-hybridized carbons (Fsp3) is 0.737. The second-order valence-corrected chi connectivity index (χ2v) is 15.7. The third-order valence-electron chi connectivity index (χ3n) is 10.4. The highest BCUT2D eigenvalue weighted by molar-refractivity contribution is 6.02. The number of rotatable bonds is 16. The maximum atomic E-state index is 14.2. The summed E-state index contributed by atoms with van der Waals surface area (Å²) in [5, 5.41) is 11.0. The zero-order valence-electron chi connectivity index (χ0n) is 32.0. The summed E-state index contributed by atoms with van der Waals surface area (Å²) in [7, 11) is 0. The summed E-state index contributed by atoms with van der Waals surface area (Å²) < 4.78 is 4.86. The van der Waals surface area contributed by atoms with Crippen LogP contribution in [-0.2, 0) is 43.1 Å². The summed E-state index contributed by atoms with van der Waals surface area (Å²) in [4.78, 5) is 106. The van der Waals surface area contributed by atoms with Gasteiger partial charge in [-0.1, -0.05) is 65.4 Å². The molecule has 0 aromatic heterocycles. The van der Waals surface area contributed by atoms with E-state index in [-0.39, 0.29) is 50.0 Å². The molecule has 3 aliphatic rings. The van der Waals surface area contributed by atoms with Crippen LogP contribution in [0.2, 0.25) is 0 Å². The van der Waals surface area contributed by atoms with Crippen LogP contribution in [0.1, 0.15) is 118 Å². The Balaban J connectivity index is 1.81. The van der Waals surface area contributed by atoms with E-state index in [1.54, 1.807) is 27.7 Å². The first-order valence-corrected chi connectivity index (χ1v) is 19.2. The Bertz CT molecular complexity index is 1380. The van der Waals surface area contributed by atoms with Crippen molar-refractivity contribution in [1.82, 2.24) is 26.2 Å². The van der Waals surface area contributed by atoms with Crippen molar-refractivity contribution in [3.63, 3.8) is 0 Å². The number of carbonyl (C=O) groups is 8. The molecule has 2 aliphatic carbocycles. The van der Waals surface area contributed by atoms with E-state index >= 15 is 0 Å². The van der Waals surface area contributed by atoms with E-state index in [9.17, 15) is 38.4 Å². The van der Waals surface area contributed by atoms with E-state index in [2.05, 4.69) is 21.3 Å². The van der Waals surface area contributed by atoms with Crippen molar-refractivity contribution in [2.75, 3.05) is 13.2 Å². The maximum Gasteiger partial charge on any atom is 0.330 e. The van der Waals surface area contributed by atoms with E-state index in [0.29, 0.717) is 12.8 Å². The van der Waals surface area contributed by atoms with Crippen LogP contribution in [0.5, 0.6) is 0 Å². The van der Waals surface area contributed by atoms with Gasteiger partial charge < -0.3 is 36.6 Å². The largest absolute Gasteiger partial charge is 0.463 e. The van der Waals surface area contributed by atoms with Crippen LogP contribution in [0.4, 0.5) is 0 Å². The molecule has 5 atom stereocenters. The number of Topliss-reactive ketones (excluding diaryl/α,β-unsaturated/α-hetero) is 1. The third kappa shape index (κ3) is 13.0. The average molecular weight is 745 g/mol. The molecule has 6 amide bonds. The molecule has 15 heteroatoms. The monoisotopic (exact) mass is 744 g/mol. The van der Waals surface area contributed by atoms with E-state index < -0.39 is 77.0 Å². The van der Waals surface area contributed by atoms with Gasteiger partial charge in [-0.2, -0.15) is 0 Å². The second-order valence-electron chi connectivity index (χ2n) is 15.7. The van der Waals surface area contributed by atoms with Gasteiger partial charge in [0.15, 0.2) is 5.78 Å². The SMILES string of the molecule is CCOC(=O)/C=C/CC[C@H](NC(C)=O)C(=O)N[C@H](C(=O)N1CC(=O)C[C@H]1C(=O)N[C@H](C(=O)N[C@H](C(N)=O)C1CCCCC1)C1CCCCC1)C(C)(C)C. The number of hydrogen-bond acceptors (Lipinski definition) is 9. The van der Waals surface area contributed by atoms with Gasteiger partial charge in [0.05, 0.1) is 13.2 Å². The molecule has 0 spiro atoms. The van der Waals surface area contributed by atoms with Crippen molar-refractivity contribution >= 4 is 47.2 Å². The Labute approximate surface area is 312 Å². The topological polar surface area (TPSA) is 223 Å². The van der Waals surface area contributed by atoms with Crippen molar-refractivity contribution < 1.29 is 43.1 Å². The van der Waals surface area contributed by atoms with Gasteiger partial charge >= 0.3 is 5.97 Å². The van der Waals surface area contributed by atoms with Gasteiger partial charge in [-0.15, -0.1) is 0 Å². The minimum Gasteiger partial charge on any atom is -0.463 e. The molecule has 53 heavy (non-hydrogen) atoms. The van der Waals surface area contributed by atoms with Gasteiger partial charge in [-0.25, -0.2) is 4.79 Å². The van der Waals surface area contributed by atoms with Crippen LogP contribution in [-0.4, -0.2) is 95.5 Å². The first kappa shape index (κ1) is 43.1. The molecule has 0 aromatic carbocycles. The molecule has 0 bridgehead atoms. The molecular weight excluding hydrogens is 684 g/mol. The van der Waals surface area contributed by atoms with Gasteiger partial charge in [-0.05, 0) is 62.7 Å². The van der Waals surface area contributed by atoms with E-state index in [1.165, 1.54) is 19.1 Å². The first-order chi connectivity index (χ1) is 25.0. The molecule has 6 N–H and O–H groups in total. The number of amides is 6. The number of esters is 1. The number of nitrogens with zero attached hydrogens (tertiary/aromatic N) is 1. The standard InChI is InChI=1S/C38H60N6O9/c1-6-53-29(47)20-14-13-19-27(40-23(2)45)34(49)43-32(38(3,4)5)37(52)44-22-26(46)21-28(44)35(50)42-31(25-17-11-8-12-18-25)36(51)41-30(33(39)48)24-15-9-7-10-16-24/h14,20,24-25,27-28,30-32H,6-13,15-19,21-22H2,1-5H3,(H2,39,48)(H,40,45)(H,41,51)(H,42,50)(H,43,49)/b20-14+/t27-,28-,30-,31-,32+/m0/s1. The van der Waals surface area contributed by atoms with Gasteiger partial charge in [0.1, 0.15) is 30.2 Å². The number of carbonyl (C=O) groups excluding carboxylic acids is 8. The molecule has 2 saturated carbocycles. The average Bonchev–Trinajstić information content (AvgIpc) is 3.51. The van der Waals surface area contributed by atoms with Crippen LogP contribution in [0.25, 0.3) is 0 Å². The number of hydrogen-bond donors (Lipinski definition) is 5. The van der Waals surface area contributed by atoms with Crippen molar-refractivity contribution in [2.45, 2.75) is 148 Å². The van der Waals surface area contributed by atoms with Gasteiger partial charge in [-0.3, -0.25) is 33.6 Å². The normalized spacial score (nSPS) is 20.9. The zero-order valence-corrected chi connectivity index (χ0v) is 32.0. The van der Waals surface area contributed by atoms with Crippen molar-refractivity contribution in [3.05, 3.63) is 12.2 Å². The highest BCUT2D eigenvalue weighted by Crippen LogP contribution is 2.30. The summed E-state index contributed by atoms with van der Waals surface area (Å²) >= 11 is 0. The van der Waals surface area contributed by atoms with Gasteiger partial charge in [0.2, 0.25) is 35.4 Å². The maximum absolute atomic E-state index is 14.2. The summed E-state index contributed by atoms with van der Waals surface area (Å²) in [6.45, 7) is 7.96. The molecule has 1 aliphatic heterocycles. The molecule has 0 unspecified atom stereocenters. The minimum atomic E-state index is -1.24. The third-order valence-corrected chi connectivity index (χ3v) is 10.4. The number of nitrogens with two attached hydrogens (primary N) is 1. The molecule has 296 valence electrons. The number of allylic oxidation sites excluding steroid dienone is 1. The van der Waals surface area contributed by atoms with Crippen LogP contribution in [0.3, 0.4) is 0 Å². The second kappa shape index (κ2) is 20.2. The lowest BCUT2D eigenvalue weighted by atomic mass is 9.81. The fourth-order valence-electron chi connectivity index (χ4n) is 7.61. The predicted octanol–water partition coefficient (Wildman–Crippen LogP) is 1.71. The highest BCUT2D eigenvalue weighted by atomic mass is 16.5. The Hall–Kier alpha value is -4.30. The highest BCUT2D eigenvalue weighted by Gasteiger charge is 2.46. The first-order valence-electron chi connectivity index (χ1n) is 19.2. The summed E-state index contributed by atoms with van der Waals surface area (Å²) in [5.74, 6) is -4.80. The Morgan fingerprint density at radius 2 is 1.43 bits per heavy atom. The lowest BCUT2D eigenvalue weighted by Crippen LogP contribution is -2.62. The minimum absolute atomic E-state index is 0.0932. The van der Waals surface area contributed by atoms with Gasteiger partial charge in [0, 0.05) is 19.4 Å². The van der Waals surface area contributed by atoms with Crippen molar-refractivity contribution in [3.8, 4) is 0 Å². The van der Waals surface area contributed by atoms with Gasteiger partial charge in [0.25, 0.3) is 0 Å². The molecule has 3 fully saturated rings. The molecule has 0 radical (unpaired) electrons. The number of likely N-dealkylation sites (tertiary alicyclic amines) is 1. The molecule has 0 aromatic rings. The molecule has 3 rings (SSSR count). The molecular formula is C38H60N6O9. The predicted molar refractivity (Wildman–Crippen MR) is 195 cm³/mol. The number of nitrogens with one attached hydrogen (secondary N) is 4. The van der Waals surface area contributed by atoms with Crippen LogP contribution in [0.15, 0.2) is 12.2 Å². The van der Waals surface area contributed by atoms with Crippen molar-refractivity contribution in [1.29, 1.82) is 0 Å². The summed E-state index contributed by atoms with van der Waals surface area (Å²) in [6.07, 6.45) is 11.4. The molecule has 15 nitrogen and oxygen atoms in total. The fourth-order valence-corrected chi connectivity index (χ4v) is 7.61. The van der Waals surface area contributed by atoms with Crippen molar-refractivity contribution in [2.24, 2.45) is 23.0 Å². The Morgan fingerprint density at radius 1 is 0.849 bits per heavy atom. The van der Waals surface area contributed by atoms with E-state index in [1.807, 2.05) is 0 Å². The quantitative estimate of drug-likeness (QED) is 0.114. The van der Waals surface area contributed by atoms with Crippen LogP contribution in [0, 0.1) is 17.3 Å². The summed E-state index contributed by atoms with van der Waals surface area (Å²) in [5.41, 5.74) is 4.87. The smallest absolute Gasteiger partial charge is 0.330 e. The van der Waals surface area contributed by atoms with Crippen LogP contribution >= 0.6 is 0 Å². The lowest BCUT2D eigenvalue weighted by molar-refractivity contribution is -0.145. The number of ketones is 1. The number of primary amides is 1. The lowest BCUT2D eigenvalue weighted by Gasteiger charge is -2.37. The van der Waals surface area contributed by atoms with E-state index in [4.69, 9.17) is 10.5 Å². The molecule has 1 heterocycles. The summed E-state index contributed by atoms with van der Waals surface area (Å²) in [6, 6.07) is -5.37. The zero-order chi connectivity index (χ0) is 39.3. The van der Waals surface area contributed by atoms with Crippen LogP contribution < -0.4 is 27.0 Å². The number of ether oxygens (including phenoxy) is 1. The van der Waals surface area contributed by atoms with E-state index in [0.717, 1.165) is 56.3 Å². The molecule has 1 saturated heterocycles.